The molecule has 0 aliphatic heterocycles. The number of hydrogen-bond acceptors (Lipinski definition) is 2. The van der Waals surface area contributed by atoms with Crippen LogP contribution in [-0.2, 0) is 17.6 Å². The van der Waals surface area contributed by atoms with Crippen LogP contribution in [0.5, 0.6) is 5.75 Å². The van der Waals surface area contributed by atoms with Gasteiger partial charge in [0.25, 0.3) is 0 Å². The van der Waals surface area contributed by atoms with Gasteiger partial charge in [-0.05, 0) is 36.2 Å². The summed E-state index contributed by atoms with van der Waals surface area (Å²) in [6.07, 6.45) is 0.540. The molecule has 0 saturated carbocycles. The normalized spacial score (nSPS) is 11.0. The van der Waals surface area contributed by atoms with Crippen LogP contribution in [0.15, 0.2) is 36.4 Å². The van der Waals surface area contributed by atoms with E-state index in [-0.39, 0.29) is 6.42 Å². The molecular formula is C19H18ClNO3. The Bertz CT molecular complexity index is 914. The number of benzene rings is 2. The van der Waals surface area contributed by atoms with Crippen LogP contribution in [0.2, 0.25) is 5.02 Å². The Hall–Kier alpha value is -2.46. The van der Waals surface area contributed by atoms with E-state index in [1.54, 1.807) is 7.11 Å². The lowest BCUT2D eigenvalue weighted by Gasteiger charge is -2.12. The average molecular weight is 344 g/mol. The molecule has 3 aromatic rings. The number of H-pyrrole nitrogens is 1. The van der Waals surface area contributed by atoms with E-state index >= 15 is 0 Å². The van der Waals surface area contributed by atoms with Gasteiger partial charge in [0.05, 0.1) is 13.5 Å². The average Bonchev–Trinajstić information content (AvgIpc) is 2.85. The lowest BCUT2D eigenvalue weighted by molar-refractivity contribution is -0.136. The second-order valence-corrected chi connectivity index (χ2v) is 6.14. The summed E-state index contributed by atoms with van der Waals surface area (Å²) in [5.74, 6) is -0.126. The highest BCUT2D eigenvalue weighted by molar-refractivity contribution is 6.31. The number of aromatic amines is 1. The number of halogens is 1. The van der Waals surface area contributed by atoms with Crippen LogP contribution in [-0.4, -0.2) is 23.2 Å². The molecule has 0 aliphatic carbocycles. The van der Waals surface area contributed by atoms with Gasteiger partial charge in [0.15, 0.2) is 0 Å². The Labute approximate surface area is 145 Å². The van der Waals surface area contributed by atoms with Gasteiger partial charge in [-0.3, -0.25) is 4.79 Å². The molecule has 24 heavy (non-hydrogen) atoms. The van der Waals surface area contributed by atoms with Crippen LogP contribution < -0.4 is 4.74 Å². The van der Waals surface area contributed by atoms with Crippen molar-refractivity contribution < 1.29 is 14.6 Å². The molecule has 0 aliphatic rings. The van der Waals surface area contributed by atoms with Crippen molar-refractivity contribution >= 4 is 28.5 Å². The first-order valence-electron chi connectivity index (χ1n) is 7.63. The molecule has 0 fully saturated rings. The zero-order valence-electron chi connectivity index (χ0n) is 13.5. The van der Waals surface area contributed by atoms with Gasteiger partial charge in [-0.25, -0.2) is 0 Å². The van der Waals surface area contributed by atoms with Crippen molar-refractivity contribution in [3.63, 3.8) is 0 Å². The number of methoxy groups -OCH3 is 1. The number of rotatable bonds is 5. The van der Waals surface area contributed by atoms with Gasteiger partial charge in [0, 0.05) is 33.6 Å². The van der Waals surface area contributed by atoms with Crippen molar-refractivity contribution in [3.05, 3.63) is 63.8 Å². The Morgan fingerprint density at radius 1 is 1.21 bits per heavy atom. The first-order valence-corrected chi connectivity index (χ1v) is 8.01. The lowest BCUT2D eigenvalue weighted by Crippen LogP contribution is -2.03. The summed E-state index contributed by atoms with van der Waals surface area (Å²) in [5.41, 5.74) is 4.49. The minimum absolute atomic E-state index is 0.0332. The predicted molar refractivity (Wildman–Crippen MR) is 95.2 cm³/mol. The highest BCUT2D eigenvalue weighted by atomic mass is 35.5. The van der Waals surface area contributed by atoms with Crippen LogP contribution in [0.4, 0.5) is 0 Å². The number of carboxylic acids is 1. The Morgan fingerprint density at radius 3 is 2.62 bits per heavy atom. The number of aryl methyl sites for hydroxylation is 1. The number of carboxylic acid groups (broad SMARTS) is 1. The molecule has 2 N–H and O–H groups in total. The van der Waals surface area contributed by atoms with Crippen LogP contribution in [0, 0.1) is 6.92 Å². The highest BCUT2D eigenvalue weighted by Gasteiger charge is 2.19. The van der Waals surface area contributed by atoms with Crippen molar-refractivity contribution in [1.29, 1.82) is 0 Å². The summed E-state index contributed by atoms with van der Waals surface area (Å²) in [4.78, 5) is 14.5. The first kappa shape index (κ1) is 16.4. The number of fused-ring (bicyclic) bond motifs is 1. The standard InChI is InChI=1S/C19H18ClNO3/c1-11-13(10-18(22)23)19-14(9-12-5-3-4-6-15(12)20)17(24-2)8-7-16(19)21-11/h3-8,21H,9-10H2,1-2H3,(H,22,23). The second kappa shape index (κ2) is 6.57. The topological polar surface area (TPSA) is 62.3 Å². The van der Waals surface area contributed by atoms with E-state index in [9.17, 15) is 9.90 Å². The first-order chi connectivity index (χ1) is 11.5. The third-order valence-electron chi connectivity index (χ3n) is 4.22. The molecule has 5 heteroatoms. The summed E-state index contributed by atoms with van der Waals surface area (Å²) in [6.45, 7) is 1.89. The molecule has 0 radical (unpaired) electrons. The summed E-state index contributed by atoms with van der Waals surface area (Å²) in [7, 11) is 1.62. The molecule has 124 valence electrons. The zero-order chi connectivity index (χ0) is 17.3. The van der Waals surface area contributed by atoms with Crippen molar-refractivity contribution in [2.24, 2.45) is 0 Å². The van der Waals surface area contributed by atoms with Crippen LogP contribution in [0.1, 0.15) is 22.4 Å². The molecule has 4 nitrogen and oxygen atoms in total. The van der Waals surface area contributed by atoms with Gasteiger partial charge in [-0.2, -0.15) is 0 Å². The molecule has 1 heterocycles. The van der Waals surface area contributed by atoms with E-state index in [0.717, 1.165) is 39.0 Å². The number of aromatic nitrogens is 1. The van der Waals surface area contributed by atoms with Crippen molar-refractivity contribution in [1.82, 2.24) is 4.98 Å². The maximum absolute atomic E-state index is 11.3. The predicted octanol–water partition coefficient (Wildman–Crippen LogP) is 4.36. The SMILES string of the molecule is COc1ccc2[nH]c(C)c(CC(=O)O)c2c1Cc1ccccc1Cl. The quantitative estimate of drug-likeness (QED) is 0.723. The zero-order valence-corrected chi connectivity index (χ0v) is 14.3. The van der Waals surface area contributed by atoms with Crippen molar-refractivity contribution in [2.45, 2.75) is 19.8 Å². The smallest absolute Gasteiger partial charge is 0.307 e. The molecule has 0 unspecified atom stereocenters. The van der Waals surface area contributed by atoms with Gasteiger partial charge in [0.1, 0.15) is 5.75 Å². The highest BCUT2D eigenvalue weighted by Crippen LogP contribution is 2.35. The summed E-state index contributed by atoms with van der Waals surface area (Å²) < 4.78 is 5.53. The molecule has 0 saturated heterocycles. The number of carbonyl (C=O) groups is 1. The number of aliphatic carboxylic acids is 1. The molecule has 0 bridgehead atoms. The van der Waals surface area contributed by atoms with Crippen LogP contribution in [0.25, 0.3) is 10.9 Å². The Morgan fingerprint density at radius 2 is 1.96 bits per heavy atom. The summed E-state index contributed by atoms with van der Waals surface area (Å²) >= 11 is 6.31. The fourth-order valence-corrected chi connectivity index (χ4v) is 3.32. The third kappa shape index (κ3) is 2.97. The van der Waals surface area contributed by atoms with Crippen LogP contribution in [0.3, 0.4) is 0 Å². The maximum Gasteiger partial charge on any atom is 0.307 e. The molecule has 3 rings (SSSR count). The minimum Gasteiger partial charge on any atom is -0.496 e. The number of nitrogens with one attached hydrogen (secondary N) is 1. The van der Waals surface area contributed by atoms with Gasteiger partial charge < -0.3 is 14.8 Å². The van der Waals surface area contributed by atoms with Crippen molar-refractivity contribution in [2.75, 3.05) is 7.11 Å². The van der Waals surface area contributed by atoms with E-state index in [2.05, 4.69) is 4.98 Å². The van der Waals surface area contributed by atoms with Gasteiger partial charge in [-0.1, -0.05) is 29.8 Å². The van der Waals surface area contributed by atoms with E-state index in [1.165, 1.54) is 0 Å². The summed E-state index contributed by atoms with van der Waals surface area (Å²) in [6, 6.07) is 11.5. The molecular weight excluding hydrogens is 326 g/mol. The molecule has 0 spiro atoms. The molecule has 2 aromatic carbocycles. The Kier molecular flexibility index (Phi) is 4.49. The largest absolute Gasteiger partial charge is 0.496 e. The minimum atomic E-state index is -0.856. The number of ether oxygens (including phenoxy) is 1. The van der Waals surface area contributed by atoms with Crippen LogP contribution >= 0.6 is 11.6 Å². The number of hydrogen-bond donors (Lipinski definition) is 2. The van der Waals surface area contributed by atoms with E-state index in [0.29, 0.717) is 11.4 Å². The van der Waals surface area contributed by atoms with E-state index < -0.39 is 5.97 Å². The van der Waals surface area contributed by atoms with E-state index in [1.807, 2.05) is 43.3 Å². The molecule has 1 aromatic heterocycles. The fourth-order valence-electron chi connectivity index (χ4n) is 3.11. The molecule has 0 amide bonds. The van der Waals surface area contributed by atoms with E-state index in [4.69, 9.17) is 16.3 Å². The lowest BCUT2D eigenvalue weighted by atomic mass is 9.96. The summed E-state index contributed by atoms with van der Waals surface area (Å²) in [5, 5.41) is 10.8. The Balaban J connectivity index is 2.23. The fraction of sp³-hybridized carbons (Fsp3) is 0.211. The third-order valence-corrected chi connectivity index (χ3v) is 4.59. The van der Waals surface area contributed by atoms with Gasteiger partial charge in [-0.15, -0.1) is 0 Å². The van der Waals surface area contributed by atoms with Crippen molar-refractivity contribution in [3.8, 4) is 5.75 Å². The molecule has 0 atom stereocenters. The van der Waals surface area contributed by atoms with Gasteiger partial charge >= 0.3 is 5.97 Å². The second-order valence-electron chi connectivity index (χ2n) is 5.74. The van der Waals surface area contributed by atoms with Gasteiger partial charge in [0.2, 0.25) is 0 Å². The monoisotopic (exact) mass is 343 g/mol. The maximum atomic E-state index is 11.3.